The van der Waals surface area contributed by atoms with Gasteiger partial charge >= 0.3 is 0 Å². The van der Waals surface area contributed by atoms with Crippen LogP contribution >= 0.6 is 11.3 Å². The van der Waals surface area contributed by atoms with Crippen molar-refractivity contribution >= 4 is 21.2 Å². The molecule has 0 aliphatic carbocycles. The second-order valence-electron chi connectivity index (χ2n) is 5.94. The van der Waals surface area contributed by atoms with Crippen molar-refractivity contribution in [2.75, 3.05) is 18.1 Å². The number of nitrogens with zero attached hydrogens (tertiary/aromatic N) is 1. The molecule has 0 saturated carbocycles. The number of aromatic nitrogens is 1. The maximum Gasteiger partial charge on any atom is 0.152 e. The van der Waals surface area contributed by atoms with E-state index in [0.29, 0.717) is 11.7 Å². The van der Waals surface area contributed by atoms with Gasteiger partial charge in [-0.2, -0.15) is 0 Å². The van der Waals surface area contributed by atoms with Crippen LogP contribution < -0.4 is 5.32 Å². The Labute approximate surface area is 125 Å². The van der Waals surface area contributed by atoms with Gasteiger partial charge in [0.05, 0.1) is 22.7 Å². The van der Waals surface area contributed by atoms with E-state index in [-0.39, 0.29) is 5.75 Å². The fourth-order valence-electron chi connectivity index (χ4n) is 2.63. The summed E-state index contributed by atoms with van der Waals surface area (Å²) in [6, 6.07) is 0. The summed E-state index contributed by atoms with van der Waals surface area (Å²) in [6.07, 6.45) is 2.57. The Morgan fingerprint density at radius 1 is 1.50 bits per heavy atom. The molecular formula is C14H24N2O2S2. The first-order valence-corrected chi connectivity index (χ1v) is 10.00. The van der Waals surface area contributed by atoms with Crippen LogP contribution in [0.5, 0.6) is 0 Å². The van der Waals surface area contributed by atoms with Crippen molar-refractivity contribution in [2.45, 2.75) is 51.5 Å². The lowest BCUT2D eigenvalue weighted by molar-refractivity contribution is 0.326. The molecule has 0 spiro atoms. The molecule has 1 N–H and O–H groups in total. The van der Waals surface area contributed by atoms with Crippen LogP contribution in [0, 0.1) is 0 Å². The minimum atomic E-state index is -2.98. The summed E-state index contributed by atoms with van der Waals surface area (Å²) in [6.45, 7) is 7.15. The molecule has 0 radical (unpaired) electrons. The Kier molecular flexibility index (Phi) is 4.87. The van der Waals surface area contributed by atoms with Gasteiger partial charge in [-0.3, -0.25) is 0 Å². The van der Waals surface area contributed by atoms with Crippen molar-refractivity contribution in [1.82, 2.24) is 10.3 Å². The summed E-state index contributed by atoms with van der Waals surface area (Å²) in [5.41, 5.74) is 0.593. The average Bonchev–Trinajstić information content (AvgIpc) is 2.85. The van der Waals surface area contributed by atoms with E-state index in [1.165, 1.54) is 0 Å². The fraction of sp³-hybridized carbons (Fsp3) is 0.786. The van der Waals surface area contributed by atoms with Crippen molar-refractivity contribution < 1.29 is 8.42 Å². The molecule has 0 bridgehead atoms. The van der Waals surface area contributed by atoms with E-state index in [1.54, 1.807) is 11.3 Å². The second-order valence-corrected chi connectivity index (χ2v) is 8.98. The molecule has 1 unspecified atom stereocenters. The van der Waals surface area contributed by atoms with Crippen LogP contribution in [0.2, 0.25) is 0 Å². The highest BCUT2D eigenvalue weighted by Crippen LogP contribution is 2.35. The number of hydrogen-bond donors (Lipinski definition) is 1. The van der Waals surface area contributed by atoms with E-state index in [0.717, 1.165) is 36.5 Å². The highest BCUT2D eigenvalue weighted by molar-refractivity contribution is 7.91. The number of sulfone groups is 1. The molecule has 1 fully saturated rings. The van der Waals surface area contributed by atoms with Gasteiger partial charge in [-0.25, -0.2) is 13.4 Å². The zero-order chi connectivity index (χ0) is 14.8. The topological polar surface area (TPSA) is 59.1 Å². The third-order valence-corrected chi connectivity index (χ3v) is 6.67. The molecule has 1 aromatic rings. The zero-order valence-electron chi connectivity index (χ0n) is 12.5. The SMILES string of the molecule is CCCNC1(c2nc(C(C)C)cs2)CCCS(=O)(=O)C1. The second kappa shape index (κ2) is 6.12. The van der Waals surface area contributed by atoms with Crippen LogP contribution in [-0.2, 0) is 15.4 Å². The van der Waals surface area contributed by atoms with Crippen LogP contribution in [0.1, 0.15) is 56.7 Å². The minimum Gasteiger partial charge on any atom is -0.305 e. The lowest BCUT2D eigenvalue weighted by Crippen LogP contribution is -2.51. The number of rotatable bonds is 5. The Bertz CT molecular complexity index is 551. The molecule has 1 aliphatic rings. The standard InChI is InChI=1S/C14H24N2O2S2/c1-4-7-15-14(6-5-8-20(17,18)10-14)13-16-12(9-19-13)11(2)3/h9,11,15H,4-8,10H2,1-3H3. The maximum atomic E-state index is 12.1. The lowest BCUT2D eigenvalue weighted by Gasteiger charge is -2.36. The third kappa shape index (κ3) is 3.40. The molecule has 0 aromatic carbocycles. The van der Waals surface area contributed by atoms with Gasteiger partial charge in [-0.15, -0.1) is 11.3 Å². The van der Waals surface area contributed by atoms with Crippen molar-refractivity contribution in [3.8, 4) is 0 Å². The van der Waals surface area contributed by atoms with Crippen molar-refractivity contribution in [2.24, 2.45) is 0 Å². The normalized spacial score (nSPS) is 26.0. The molecular weight excluding hydrogens is 292 g/mol. The van der Waals surface area contributed by atoms with E-state index in [4.69, 9.17) is 4.98 Å². The highest BCUT2D eigenvalue weighted by Gasteiger charge is 2.42. The van der Waals surface area contributed by atoms with Crippen molar-refractivity contribution in [3.63, 3.8) is 0 Å². The van der Waals surface area contributed by atoms with Crippen LogP contribution in [-0.4, -0.2) is 31.5 Å². The van der Waals surface area contributed by atoms with Crippen LogP contribution in [0.15, 0.2) is 5.38 Å². The van der Waals surface area contributed by atoms with Gasteiger partial charge in [0.2, 0.25) is 0 Å². The fourth-order valence-corrected chi connectivity index (χ4v) is 5.77. The first-order chi connectivity index (χ1) is 9.38. The molecule has 2 heterocycles. The van der Waals surface area contributed by atoms with Gasteiger partial charge in [-0.1, -0.05) is 20.8 Å². The van der Waals surface area contributed by atoms with E-state index < -0.39 is 15.4 Å². The summed E-state index contributed by atoms with van der Waals surface area (Å²) in [5.74, 6) is 0.874. The quantitative estimate of drug-likeness (QED) is 0.907. The van der Waals surface area contributed by atoms with E-state index in [2.05, 4.69) is 31.5 Å². The number of thiazole rings is 1. The van der Waals surface area contributed by atoms with Crippen LogP contribution in [0.4, 0.5) is 0 Å². The monoisotopic (exact) mass is 316 g/mol. The minimum absolute atomic E-state index is 0.186. The Balaban J connectivity index is 2.35. The van der Waals surface area contributed by atoms with Gasteiger partial charge in [-0.05, 0) is 31.7 Å². The third-order valence-electron chi connectivity index (χ3n) is 3.76. The Morgan fingerprint density at radius 2 is 2.25 bits per heavy atom. The summed E-state index contributed by atoms with van der Waals surface area (Å²) < 4.78 is 24.2. The molecule has 0 amide bonds. The lowest BCUT2D eigenvalue weighted by atomic mass is 9.95. The molecule has 1 aliphatic heterocycles. The van der Waals surface area contributed by atoms with E-state index >= 15 is 0 Å². The summed E-state index contributed by atoms with van der Waals surface area (Å²) in [4.78, 5) is 4.72. The maximum absolute atomic E-state index is 12.1. The molecule has 114 valence electrons. The first-order valence-electron chi connectivity index (χ1n) is 7.30. The van der Waals surface area contributed by atoms with Crippen LogP contribution in [0.3, 0.4) is 0 Å². The van der Waals surface area contributed by atoms with E-state index in [9.17, 15) is 8.42 Å². The van der Waals surface area contributed by atoms with Gasteiger partial charge < -0.3 is 5.32 Å². The number of nitrogens with one attached hydrogen (secondary N) is 1. The summed E-state index contributed by atoms with van der Waals surface area (Å²) >= 11 is 1.60. The molecule has 1 atom stereocenters. The molecule has 1 saturated heterocycles. The van der Waals surface area contributed by atoms with Gasteiger partial charge in [0, 0.05) is 5.38 Å². The van der Waals surface area contributed by atoms with Gasteiger partial charge in [0.25, 0.3) is 0 Å². The van der Waals surface area contributed by atoms with Crippen molar-refractivity contribution in [1.29, 1.82) is 0 Å². The van der Waals surface area contributed by atoms with Crippen LogP contribution in [0.25, 0.3) is 0 Å². The molecule has 2 rings (SSSR count). The zero-order valence-corrected chi connectivity index (χ0v) is 14.1. The van der Waals surface area contributed by atoms with Gasteiger partial charge in [0.15, 0.2) is 9.84 Å². The van der Waals surface area contributed by atoms with E-state index in [1.807, 2.05) is 0 Å². The average molecular weight is 316 g/mol. The summed E-state index contributed by atoms with van der Waals surface area (Å²) in [5, 5.41) is 6.49. The highest BCUT2D eigenvalue weighted by atomic mass is 32.2. The Hall–Kier alpha value is -0.460. The van der Waals surface area contributed by atoms with Gasteiger partial charge in [0.1, 0.15) is 5.01 Å². The molecule has 6 heteroatoms. The first kappa shape index (κ1) is 15.9. The molecule has 4 nitrogen and oxygen atoms in total. The predicted octanol–water partition coefficient (Wildman–Crippen LogP) is 2.67. The Morgan fingerprint density at radius 3 is 2.80 bits per heavy atom. The smallest absolute Gasteiger partial charge is 0.152 e. The molecule has 20 heavy (non-hydrogen) atoms. The van der Waals surface area contributed by atoms with Crippen molar-refractivity contribution in [3.05, 3.63) is 16.1 Å². The largest absolute Gasteiger partial charge is 0.305 e. The number of hydrogen-bond acceptors (Lipinski definition) is 5. The molecule has 1 aromatic heterocycles. The summed E-state index contributed by atoms with van der Waals surface area (Å²) in [7, 11) is -2.98. The predicted molar refractivity (Wildman–Crippen MR) is 84.1 cm³/mol.